The lowest BCUT2D eigenvalue weighted by Gasteiger charge is -2.60. The van der Waals surface area contributed by atoms with E-state index < -0.39 is 0 Å². The Hall–Kier alpha value is -1.48. The molecule has 41 heavy (non-hydrogen) atoms. The average Bonchev–Trinajstić information content (AvgIpc) is 3.65. The Bertz CT molecular complexity index is 997. The third-order valence-corrected chi connectivity index (χ3v) is 12.1. The van der Waals surface area contributed by atoms with Crippen molar-refractivity contribution >= 4 is 11.7 Å². The SMILES string of the molecule is CC1CCCN1CCNC1CCC2C(=O)C(C(=O)NCCN3CCCC3)=CN3C4CC5CCCCC5CC4OC1C23. The van der Waals surface area contributed by atoms with Crippen LogP contribution in [0, 0.1) is 17.8 Å². The third kappa shape index (κ3) is 5.63. The van der Waals surface area contributed by atoms with Crippen LogP contribution in [0.2, 0.25) is 0 Å². The predicted octanol–water partition coefficient (Wildman–Crippen LogP) is 2.92. The molecule has 9 unspecified atom stereocenters. The quantitative estimate of drug-likeness (QED) is 0.437. The highest BCUT2D eigenvalue weighted by Crippen LogP contribution is 2.49. The molecule has 0 aromatic carbocycles. The van der Waals surface area contributed by atoms with Crippen LogP contribution >= 0.6 is 0 Å². The molecule has 0 radical (unpaired) electrons. The Morgan fingerprint density at radius 1 is 0.927 bits per heavy atom. The van der Waals surface area contributed by atoms with Gasteiger partial charge in [-0.15, -0.1) is 0 Å². The summed E-state index contributed by atoms with van der Waals surface area (Å²) in [7, 11) is 0. The van der Waals surface area contributed by atoms with Crippen molar-refractivity contribution < 1.29 is 14.3 Å². The van der Waals surface area contributed by atoms with Crippen molar-refractivity contribution in [2.75, 3.05) is 45.8 Å². The second-order valence-electron chi connectivity index (χ2n) is 14.4. The summed E-state index contributed by atoms with van der Waals surface area (Å²) in [5.74, 6) is 1.26. The summed E-state index contributed by atoms with van der Waals surface area (Å²) in [6.07, 6.45) is 16.7. The molecule has 4 aliphatic heterocycles. The molecule has 4 heterocycles. The highest BCUT2D eigenvalue weighted by molar-refractivity contribution is 6.20. The average molecular weight is 568 g/mol. The molecule has 0 aromatic rings. The zero-order valence-electron chi connectivity index (χ0n) is 25.3. The molecule has 0 aromatic heterocycles. The van der Waals surface area contributed by atoms with Crippen molar-refractivity contribution in [2.24, 2.45) is 17.8 Å². The van der Waals surface area contributed by atoms with Crippen LogP contribution in [0.15, 0.2) is 11.8 Å². The van der Waals surface area contributed by atoms with Gasteiger partial charge in [0.25, 0.3) is 5.91 Å². The second kappa shape index (κ2) is 12.3. The van der Waals surface area contributed by atoms with Gasteiger partial charge in [-0.25, -0.2) is 0 Å². The van der Waals surface area contributed by atoms with Gasteiger partial charge < -0.3 is 25.2 Å². The summed E-state index contributed by atoms with van der Waals surface area (Å²) in [6, 6.07) is 1.27. The van der Waals surface area contributed by atoms with E-state index in [1.165, 1.54) is 57.9 Å². The van der Waals surface area contributed by atoms with Crippen LogP contribution in [0.4, 0.5) is 0 Å². The number of hydrogen-bond acceptors (Lipinski definition) is 7. The van der Waals surface area contributed by atoms with E-state index in [0.717, 1.165) is 70.2 Å². The lowest BCUT2D eigenvalue weighted by atomic mass is 9.65. The summed E-state index contributed by atoms with van der Waals surface area (Å²) >= 11 is 0. The molecule has 7 rings (SSSR count). The summed E-state index contributed by atoms with van der Waals surface area (Å²) in [4.78, 5) is 34.9. The Kier molecular flexibility index (Phi) is 8.46. The smallest absolute Gasteiger partial charge is 0.256 e. The van der Waals surface area contributed by atoms with E-state index in [1.807, 2.05) is 6.20 Å². The first-order valence-corrected chi connectivity index (χ1v) is 17.2. The summed E-state index contributed by atoms with van der Waals surface area (Å²) < 4.78 is 7.10. The number of Topliss-reactive ketones (excluding diaryl/α,β-unsaturated/α-hetero) is 1. The molecule has 8 heteroatoms. The first kappa shape index (κ1) is 28.3. The number of ketones is 1. The van der Waals surface area contributed by atoms with Crippen LogP contribution in [0.5, 0.6) is 0 Å². The van der Waals surface area contributed by atoms with Crippen molar-refractivity contribution in [2.45, 2.75) is 120 Å². The largest absolute Gasteiger partial charge is 0.369 e. The van der Waals surface area contributed by atoms with Gasteiger partial charge in [-0.1, -0.05) is 25.7 Å². The summed E-state index contributed by atoms with van der Waals surface area (Å²) in [5, 5.41) is 7.02. The topological polar surface area (TPSA) is 77.2 Å². The number of amides is 1. The predicted molar refractivity (Wildman–Crippen MR) is 159 cm³/mol. The Balaban J connectivity index is 1.09. The number of likely N-dealkylation sites (tertiary alicyclic amines) is 2. The van der Waals surface area contributed by atoms with Crippen molar-refractivity contribution in [3.8, 4) is 0 Å². The summed E-state index contributed by atoms with van der Waals surface area (Å²) in [5.41, 5.74) is 0.396. The van der Waals surface area contributed by atoms with E-state index in [4.69, 9.17) is 4.74 Å². The van der Waals surface area contributed by atoms with Crippen molar-refractivity contribution in [3.05, 3.63) is 11.8 Å². The van der Waals surface area contributed by atoms with Crippen molar-refractivity contribution in [3.63, 3.8) is 0 Å². The Labute approximate surface area is 247 Å². The molecule has 1 amide bonds. The molecule has 3 saturated carbocycles. The minimum atomic E-state index is -0.168. The van der Waals surface area contributed by atoms with Gasteiger partial charge in [0, 0.05) is 50.4 Å². The number of rotatable bonds is 8. The third-order valence-electron chi connectivity index (χ3n) is 12.1. The molecule has 2 N–H and O–H groups in total. The first-order chi connectivity index (χ1) is 20.1. The van der Waals surface area contributed by atoms with Crippen LogP contribution in [0.3, 0.4) is 0 Å². The van der Waals surface area contributed by atoms with E-state index in [-0.39, 0.29) is 47.9 Å². The lowest BCUT2D eigenvalue weighted by molar-refractivity contribution is -0.200. The Morgan fingerprint density at radius 3 is 2.51 bits per heavy atom. The highest BCUT2D eigenvalue weighted by Gasteiger charge is 2.57. The van der Waals surface area contributed by atoms with Crippen LogP contribution in [0.25, 0.3) is 0 Å². The highest BCUT2D eigenvalue weighted by atomic mass is 16.5. The van der Waals surface area contributed by atoms with Crippen LogP contribution in [-0.4, -0.2) is 109 Å². The fourth-order valence-electron chi connectivity index (χ4n) is 9.84. The Morgan fingerprint density at radius 2 is 1.73 bits per heavy atom. The second-order valence-corrected chi connectivity index (χ2v) is 14.4. The maximum Gasteiger partial charge on any atom is 0.256 e. The number of morpholine rings is 1. The molecule has 0 spiro atoms. The molecular weight excluding hydrogens is 514 g/mol. The molecule has 228 valence electrons. The molecule has 6 fully saturated rings. The van der Waals surface area contributed by atoms with E-state index >= 15 is 0 Å². The van der Waals surface area contributed by atoms with Gasteiger partial charge in [-0.3, -0.25) is 14.5 Å². The minimum Gasteiger partial charge on any atom is -0.369 e. The number of nitrogens with zero attached hydrogens (tertiary/aromatic N) is 3. The monoisotopic (exact) mass is 567 g/mol. The lowest BCUT2D eigenvalue weighted by Crippen LogP contribution is -2.71. The molecule has 8 nitrogen and oxygen atoms in total. The minimum absolute atomic E-state index is 0.00567. The van der Waals surface area contributed by atoms with Gasteiger partial charge in [-0.2, -0.15) is 0 Å². The number of ether oxygens (including phenoxy) is 1. The first-order valence-electron chi connectivity index (χ1n) is 17.2. The normalized spacial score (nSPS) is 41.0. The number of hydrogen-bond donors (Lipinski definition) is 2. The van der Waals surface area contributed by atoms with Crippen LogP contribution in [0.1, 0.15) is 84.0 Å². The zero-order chi connectivity index (χ0) is 27.9. The van der Waals surface area contributed by atoms with Gasteiger partial charge in [0.2, 0.25) is 0 Å². The fraction of sp³-hybridized carbons (Fsp3) is 0.879. The number of fused-ring (bicyclic) bond motifs is 3. The molecular formula is C33H53N5O3. The molecule has 7 aliphatic rings. The van der Waals surface area contributed by atoms with Crippen LogP contribution < -0.4 is 10.6 Å². The summed E-state index contributed by atoms with van der Waals surface area (Å²) in [6.45, 7) is 9.33. The molecule has 3 saturated heterocycles. The van der Waals surface area contributed by atoms with Crippen molar-refractivity contribution in [1.29, 1.82) is 0 Å². The van der Waals surface area contributed by atoms with Crippen molar-refractivity contribution in [1.82, 2.24) is 25.3 Å². The molecule has 0 bridgehead atoms. The molecule has 3 aliphatic carbocycles. The zero-order valence-corrected chi connectivity index (χ0v) is 25.3. The van der Waals surface area contributed by atoms with Gasteiger partial charge >= 0.3 is 0 Å². The van der Waals surface area contributed by atoms with Crippen LogP contribution in [-0.2, 0) is 14.3 Å². The van der Waals surface area contributed by atoms with Gasteiger partial charge in [0.05, 0.1) is 29.9 Å². The standard InChI is InChI=1S/C33H53N5O3/c1-22-7-6-16-37(22)18-13-34-27-11-10-25-30-32(27)41-29-20-24-9-3-2-8-23(24)19-28(29)38(30)21-26(31(25)39)33(40)35-12-17-36-14-4-5-15-36/h21-25,27-30,32,34H,2-20H2,1H3,(H,35,40). The maximum absolute atomic E-state index is 13.9. The maximum atomic E-state index is 13.9. The van der Waals surface area contributed by atoms with E-state index in [0.29, 0.717) is 18.2 Å². The van der Waals surface area contributed by atoms with E-state index in [9.17, 15) is 9.59 Å². The number of carbonyl (C=O) groups is 2. The number of nitrogens with one attached hydrogen (secondary N) is 2. The van der Waals surface area contributed by atoms with Gasteiger partial charge in [0.1, 0.15) is 0 Å². The fourth-order valence-corrected chi connectivity index (χ4v) is 9.84. The van der Waals surface area contributed by atoms with Gasteiger partial charge in [0.15, 0.2) is 5.78 Å². The van der Waals surface area contributed by atoms with E-state index in [2.05, 4.69) is 32.3 Å². The van der Waals surface area contributed by atoms with Gasteiger partial charge in [-0.05, 0) is 89.8 Å². The number of carbonyl (C=O) groups excluding carboxylic acids is 2. The van der Waals surface area contributed by atoms with E-state index in [1.54, 1.807) is 0 Å². The molecule has 9 atom stereocenters.